The van der Waals surface area contributed by atoms with Gasteiger partial charge in [-0.3, -0.25) is 4.79 Å². The van der Waals surface area contributed by atoms with Crippen molar-refractivity contribution in [3.05, 3.63) is 0 Å². The first-order valence-electron chi connectivity index (χ1n) is 4.90. The summed E-state index contributed by atoms with van der Waals surface area (Å²) in [5.74, 6) is 2.51. The van der Waals surface area contributed by atoms with Crippen LogP contribution in [0.25, 0.3) is 0 Å². The number of ether oxygens (including phenoxy) is 1. The lowest BCUT2D eigenvalue weighted by molar-refractivity contribution is -0.143. The van der Waals surface area contributed by atoms with Gasteiger partial charge in [-0.05, 0) is 19.8 Å². The SMILES string of the molecule is C#CCCCCCCC(=O)OCC. The van der Waals surface area contributed by atoms with E-state index in [0.29, 0.717) is 13.0 Å². The third kappa shape index (κ3) is 8.94. The first-order chi connectivity index (χ1) is 6.31. The van der Waals surface area contributed by atoms with Gasteiger partial charge in [0.2, 0.25) is 0 Å². The van der Waals surface area contributed by atoms with Crippen LogP contribution >= 0.6 is 0 Å². The molecule has 2 nitrogen and oxygen atoms in total. The fourth-order valence-electron chi connectivity index (χ4n) is 1.08. The first-order valence-corrected chi connectivity index (χ1v) is 4.90. The monoisotopic (exact) mass is 182 g/mol. The van der Waals surface area contributed by atoms with Crippen molar-refractivity contribution in [2.75, 3.05) is 6.61 Å². The molecule has 0 atom stereocenters. The van der Waals surface area contributed by atoms with E-state index >= 15 is 0 Å². The minimum absolute atomic E-state index is 0.0838. The topological polar surface area (TPSA) is 26.3 Å². The summed E-state index contributed by atoms with van der Waals surface area (Å²) in [6.07, 6.45) is 10.7. The van der Waals surface area contributed by atoms with E-state index in [0.717, 1.165) is 32.1 Å². The Morgan fingerprint density at radius 3 is 2.62 bits per heavy atom. The Bertz CT molecular complexity index is 167. The molecule has 2 heteroatoms. The molecule has 0 rings (SSSR count). The number of hydrogen-bond donors (Lipinski definition) is 0. The molecule has 0 aromatic carbocycles. The van der Waals surface area contributed by atoms with Crippen molar-refractivity contribution in [2.45, 2.75) is 45.4 Å². The van der Waals surface area contributed by atoms with Crippen molar-refractivity contribution in [3.63, 3.8) is 0 Å². The standard InChI is InChI=1S/C11H18O2/c1-3-5-6-7-8-9-10-11(12)13-4-2/h1H,4-10H2,2H3. The minimum atomic E-state index is -0.0838. The molecule has 0 aliphatic carbocycles. The predicted molar refractivity (Wildman–Crippen MR) is 53.2 cm³/mol. The molecule has 0 spiro atoms. The lowest BCUT2D eigenvalue weighted by atomic mass is 10.1. The zero-order valence-electron chi connectivity index (χ0n) is 8.34. The Kier molecular flexibility index (Phi) is 8.44. The fourth-order valence-corrected chi connectivity index (χ4v) is 1.08. The van der Waals surface area contributed by atoms with Gasteiger partial charge in [-0.1, -0.05) is 12.8 Å². The first kappa shape index (κ1) is 12.0. The number of terminal acetylenes is 1. The van der Waals surface area contributed by atoms with Crippen molar-refractivity contribution in [1.82, 2.24) is 0 Å². The van der Waals surface area contributed by atoms with Crippen molar-refractivity contribution in [3.8, 4) is 12.3 Å². The smallest absolute Gasteiger partial charge is 0.305 e. The Labute approximate surface area is 80.7 Å². The van der Waals surface area contributed by atoms with Gasteiger partial charge >= 0.3 is 5.97 Å². The molecule has 0 fully saturated rings. The summed E-state index contributed by atoms with van der Waals surface area (Å²) in [5, 5.41) is 0. The summed E-state index contributed by atoms with van der Waals surface area (Å²) in [7, 11) is 0. The van der Waals surface area contributed by atoms with Crippen LogP contribution in [0.4, 0.5) is 0 Å². The molecule has 0 aromatic rings. The molecule has 0 saturated carbocycles. The van der Waals surface area contributed by atoms with E-state index < -0.39 is 0 Å². The summed E-state index contributed by atoms with van der Waals surface area (Å²) in [6.45, 7) is 2.31. The zero-order valence-corrected chi connectivity index (χ0v) is 8.34. The number of carbonyl (C=O) groups excluding carboxylic acids is 1. The maximum Gasteiger partial charge on any atom is 0.305 e. The molecular weight excluding hydrogens is 164 g/mol. The molecule has 13 heavy (non-hydrogen) atoms. The van der Waals surface area contributed by atoms with Crippen molar-refractivity contribution in [1.29, 1.82) is 0 Å². The summed E-state index contributed by atoms with van der Waals surface area (Å²) < 4.78 is 4.80. The molecule has 0 aromatic heterocycles. The van der Waals surface area contributed by atoms with Gasteiger partial charge in [-0.15, -0.1) is 12.3 Å². The highest BCUT2D eigenvalue weighted by atomic mass is 16.5. The number of esters is 1. The van der Waals surface area contributed by atoms with E-state index in [-0.39, 0.29) is 5.97 Å². The van der Waals surface area contributed by atoms with Gasteiger partial charge < -0.3 is 4.74 Å². The highest BCUT2D eigenvalue weighted by molar-refractivity contribution is 5.69. The quantitative estimate of drug-likeness (QED) is 0.343. The number of carbonyl (C=O) groups is 1. The second-order valence-electron chi connectivity index (χ2n) is 2.92. The summed E-state index contributed by atoms with van der Waals surface area (Å²) in [6, 6.07) is 0. The molecule has 0 N–H and O–H groups in total. The Morgan fingerprint density at radius 2 is 2.00 bits per heavy atom. The molecule has 74 valence electrons. The van der Waals surface area contributed by atoms with Gasteiger partial charge in [0.1, 0.15) is 0 Å². The number of hydrogen-bond acceptors (Lipinski definition) is 2. The van der Waals surface area contributed by atoms with Crippen LogP contribution in [0.3, 0.4) is 0 Å². The molecule has 0 amide bonds. The Hall–Kier alpha value is -0.970. The van der Waals surface area contributed by atoms with Gasteiger partial charge in [0.25, 0.3) is 0 Å². The Morgan fingerprint density at radius 1 is 1.31 bits per heavy atom. The largest absolute Gasteiger partial charge is 0.466 e. The van der Waals surface area contributed by atoms with Crippen LogP contribution in [-0.4, -0.2) is 12.6 Å². The zero-order chi connectivity index (χ0) is 9.94. The average Bonchev–Trinajstić information content (AvgIpc) is 2.11. The van der Waals surface area contributed by atoms with E-state index in [4.69, 9.17) is 11.2 Å². The summed E-state index contributed by atoms with van der Waals surface area (Å²) in [4.78, 5) is 10.9. The summed E-state index contributed by atoms with van der Waals surface area (Å²) in [5.41, 5.74) is 0. The second-order valence-corrected chi connectivity index (χ2v) is 2.92. The average molecular weight is 182 g/mol. The van der Waals surface area contributed by atoms with E-state index in [1.54, 1.807) is 0 Å². The highest BCUT2D eigenvalue weighted by Crippen LogP contribution is 2.05. The normalized spacial score (nSPS) is 9.23. The molecule has 0 heterocycles. The van der Waals surface area contributed by atoms with Gasteiger partial charge in [-0.2, -0.15) is 0 Å². The Balaban J connectivity index is 3.07. The van der Waals surface area contributed by atoms with Crippen LogP contribution in [0.15, 0.2) is 0 Å². The second kappa shape index (κ2) is 9.12. The fraction of sp³-hybridized carbons (Fsp3) is 0.727. The van der Waals surface area contributed by atoms with Crippen LogP contribution in [-0.2, 0) is 9.53 Å². The predicted octanol–water partition coefficient (Wildman–Crippen LogP) is 2.52. The van der Waals surface area contributed by atoms with Crippen LogP contribution in [0.1, 0.15) is 45.4 Å². The van der Waals surface area contributed by atoms with Crippen molar-refractivity contribution < 1.29 is 9.53 Å². The number of unbranched alkanes of at least 4 members (excludes halogenated alkanes) is 4. The van der Waals surface area contributed by atoms with Crippen molar-refractivity contribution >= 4 is 5.97 Å². The van der Waals surface area contributed by atoms with Crippen molar-refractivity contribution in [2.24, 2.45) is 0 Å². The molecule has 0 bridgehead atoms. The van der Waals surface area contributed by atoms with E-state index in [9.17, 15) is 4.79 Å². The molecule has 0 aliphatic heterocycles. The van der Waals surface area contributed by atoms with E-state index in [2.05, 4.69) is 5.92 Å². The highest BCUT2D eigenvalue weighted by Gasteiger charge is 1.99. The molecule has 0 saturated heterocycles. The lowest BCUT2D eigenvalue weighted by Crippen LogP contribution is -2.02. The van der Waals surface area contributed by atoms with Crippen LogP contribution in [0.5, 0.6) is 0 Å². The maximum atomic E-state index is 10.9. The molecule has 0 radical (unpaired) electrons. The van der Waals surface area contributed by atoms with Crippen LogP contribution < -0.4 is 0 Å². The van der Waals surface area contributed by atoms with Gasteiger partial charge in [0, 0.05) is 12.8 Å². The van der Waals surface area contributed by atoms with Crippen LogP contribution in [0.2, 0.25) is 0 Å². The minimum Gasteiger partial charge on any atom is -0.466 e. The third-order valence-electron chi connectivity index (χ3n) is 1.76. The molecule has 0 unspecified atom stereocenters. The van der Waals surface area contributed by atoms with Crippen LogP contribution in [0, 0.1) is 12.3 Å². The third-order valence-corrected chi connectivity index (χ3v) is 1.76. The molecular formula is C11H18O2. The van der Waals surface area contributed by atoms with Gasteiger partial charge in [0.05, 0.1) is 6.61 Å². The maximum absolute atomic E-state index is 10.9. The number of rotatable bonds is 7. The molecule has 0 aliphatic rings. The van der Waals surface area contributed by atoms with Gasteiger partial charge in [0.15, 0.2) is 0 Å². The van der Waals surface area contributed by atoms with E-state index in [1.165, 1.54) is 0 Å². The van der Waals surface area contributed by atoms with E-state index in [1.807, 2.05) is 6.92 Å². The van der Waals surface area contributed by atoms with Gasteiger partial charge in [-0.25, -0.2) is 0 Å². The summed E-state index contributed by atoms with van der Waals surface area (Å²) >= 11 is 0. The lowest BCUT2D eigenvalue weighted by Gasteiger charge is -2.00.